The molecule has 8 heteroatoms. The van der Waals surface area contributed by atoms with Gasteiger partial charge in [0.2, 0.25) is 0 Å². The molecular formula is C22H21F2N3O3. The molecular weight excluding hydrogens is 392 g/mol. The average Bonchev–Trinajstić information content (AvgIpc) is 3.24. The predicted octanol–water partition coefficient (Wildman–Crippen LogP) is 4.42. The van der Waals surface area contributed by atoms with Gasteiger partial charge in [-0.3, -0.25) is 0 Å². The number of halogens is 2. The number of hydrogen-bond donors (Lipinski definition) is 1. The highest BCUT2D eigenvalue weighted by atomic mass is 19.1. The first-order valence-corrected chi connectivity index (χ1v) is 9.42. The highest BCUT2D eigenvalue weighted by Crippen LogP contribution is 2.39. The van der Waals surface area contributed by atoms with Crippen molar-refractivity contribution < 1.29 is 23.0 Å². The van der Waals surface area contributed by atoms with Crippen LogP contribution in [0.1, 0.15) is 17.3 Å². The Kier molecular flexibility index (Phi) is 5.31. The molecule has 0 radical (unpaired) electrons. The SMILES string of the molecule is COc1ccc(OC)c(C2c3cccn3CCN2C(=O)Nc2c(F)cccc2F)c1. The molecule has 2 aromatic carbocycles. The Morgan fingerprint density at radius 1 is 1.03 bits per heavy atom. The second kappa shape index (κ2) is 8.06. The second-order valence-electron chi connectivity index (χ2n) is 6.86. The minimum atomic E-state index is -0.834. The van der Waals surface area contributed by atoms with E-state index in [2.05, 4.69) is 5.32 Å². The van der Waals surface area contributed by atoms with E-state index in [1.165, 1.54) is 6.07 Å². The third kappa shape index (κ3) is 3.45. The topological polar surface area (TPSA) is 55.7 Å². The number of benzene rings is 2. The van der Waals surface area contributed by atoms with Gasteiger partial charge in [-0.25, -0.2) is 13.6 Å². The third-order valence-corrected chi connectivity index (χ3v) is 5.23. The van der Waals surface area contributed by atoms with E-state index in [1.54, 1.807) is 37.3 Å². The highest BCUT2D eigenvalue weighted by Gasteiger charge is 2.35. The van der Waals surface area contributed by atoms with Crippen molar-refractivity contribution in [3.63, 3.8) is 0 Å². The van der Waals surface area contributed by atoms with E-state index in [0.29, 0.717) is 30.2 Å². The van der Waals surface area contributed by atoms with Gasteiger partial charge in [-0.15, -0.1) is 0 Å². The van der Waals surface area contributed by atoms with Gasteiger partial charge in [-0.2, -0.15) is 0 Å². The number of amides is 2. The van der Waals surface area contributed by atoms with Crippen molar-refractivity contribution >= 4 is 11.7 Å². The zero-order valence-electron chi connectivity index (χ0n) is 16.6. The predicted molar refractivity (Wildman–Crippen MR) is 108 cm³/mol. The molecule has 1 atom stereocenters. The van der Waals surface area contributed by atoms with Crippen molar-refractivity contribution in [3.05, 3.63) is 77.6 Å². The van der Waals surface area contributed by atoms with Gasteiger partial charge in [0.15, 0.2) is 0 Å². The van der Waals surface area contributed by atoms with Crippen LogP contribution in [-0.4, -0.2) is 36.3 Å². The summed E-state index contributed by atoms with van der Waals surface area (Å²) < 4.78 is 41.1. The quantitative estimate of drug-likeness (QED) is 0.689. The smallest absolute Gasteiger partial charge is 0.322 e. The Hall–Kier alpha value is -3.55. The monoisotopic (exact) mass is 413 g/mol. The minimum absolute atomic E-state index is 0.342. The number of anilines is 1. The Morgan fingerprint density at radius 2 is 1.80 bits per heavy atom. The molecule has 1 N–H and O–H groups in total. The van der Waals surface area contributed by atoms with Gasteiger partial charge in [0, 0.05) is 30.5 Å². The zero-order valence-corrected chi connectivity index (χ0v) is 16.6. The maximum Gasteiger partial charge on any atom is 0.322 e. The molecule has 1 unspecified atom stereocenters. The lowest BCUT2D eigenvalue weighted by Crippen LogP contribution is -2.44. The summed E-state index contributed by atoms with van der Waals surface area (Å²) >= 11 is 0. The van der Waals surface area contributed by atoms with Crippen LogP contribution in [0.5, 0.6) is 11.5 Å². The van der Waals surface area contributed by atoms with Crippen molar-refractivity contribution in [2.45, 2.75) is 12.6 Å². The molecule has 0 saturated heterocycles. The fourth-order valence-electron chi connectivity index (χ4n) is 3.78. The first kappa shape index (κ1) is 19.8. The summed E-state index contributed by atoms with van der Waals surface area (Å²) in [7, 11) is 3.10. The summed E-state index contributed by atoms with van der Waals surface area (Å²) in [5.74, 6) is -0.487. The molecule has 0 saturated carbocycles. The van der Waals surface area contributed by atoms with Crippen LogP contribution < -0.4 is 14.8 Å². The number of urea groups is 1. The van der Waals surface area contributed by atoms with Crippen LogP contribution in [0.25, 0.3) is 0 Å². The van der Waals surface area contributed by atoms with E-state index in [9.17, 15) is 13.6 Å². The number of rotatable bonds is 4. The maximum atomic E-state index is 14.1. The zero-order chi connectivity index (χ0) is 21.3. The number of carbonyl (C=O) groups excluding carboxylic acids is 1. The van der Waals surface area contributed by atoms with Gasteiger partial charge in [-0.05, 0) is 42.5 Å². The number of fused-ring (bicyclic) bond motifs is 1. The summed E-state index contributed by atoms with van der Waals surface area (Å²) in [6.45, 7) is 0.896. The Labute approximate surface area is 172 Å². The number of hydrogen-bond acceptors (Lipinski definition) is 3. The Bertz CT molecular complexity index is 1060. The van der Waals surface area contributed by atoms with Crippen LogP contribution >= 0.6 is 0 Å². The Balaban J connectivity index is 1.77. The minimum Gasteiger partial charge on any atom is -0.497 e. The molecule has 3 aromatic rings. The lowest BCUT2D eigenvalue weighted by Gasteiger charge is -2.37. The fourth-order valence-corrected chi connectivity index (χ4v) is 3.78. The van der Waals surface area contributed by atoms with E-state index in [-0.39, 0.29) is 0 Å². The van der Waals surface area contributed by atoms with Gasteiger partial charge in [-0.1, -0.05) is 6.07 Å². The van der Waals surface area contributed by atoms with Gasteiger partial charge >= 0.3 is 6.03 Å². The van der Waals surface area contributed by atoms with Crippen LogP contribution in [-0.2, 0) is 6.54 Å². The molecule has 156 valence electrons. The van der Waals surface area contributed by atoms with Crippen LogP contribution in [0.3, 0.4) is 0 Å². The maximum absolute atomic E-state index is 14.1. The van der Waals surface area contributed by atoms with Crippen molar-refractivity contribution in [3.8, 4) is 11.5 Å². The molecule has 0 aliphatic carbocycles. The van der Waals surface area contributed by atoms with E-state index in [4.69, 9.17) is 9.47 Å². The van der Waals surface area contributed by atoms with Crippen molar-refractivity contribution in [1.82, 2.24) is 9.47 Å². The molecule has 0 fully saturated rings. The largest absolute Gasteiger partial charge is 0.497 e. The summed E-state index contributed by atoms with van der Waals surface area (Å²) in [4.78, 5) is 14.7. The summed E-state index contributed by atoms with van der Waals surface area (Å²) in [6, 6.07) is 11.4. The van der Waals surface area contributed by atoms with Crippen molar-refractivity contribution in [1.29, 1.82) is 0 Å². The van der Waals surface area contributed by atoms with Gasteiger partial charge < -0.3 is 24.3 Å². The van der Waals surface area contributed by atoms with Gasteiger partial charge in [0.05, 0.1) is 14.2 Å². The van der Waals surface area contributed by atoms with E-state index < -0.39 is 29.4 Å². The number of ether oxygens (including phenoxy) is 2. The average molecular weight is 413 g/mol. The molecule has 0 spiro atoms. The number of nitrogens with one attached hydrogen (secondary N) is 1. The van der Waals surface area contributed by atoms with Crippen LogP contribution in [0.4, 0.5) is 19.3 Å². The van der Waals surface area contributed by atoms with Crippen LogP contribution in [0.2, 0.25) is 0 Å². The summed E-state index contributed by atoms with van der Waals surface area (Å²) in [6.07, 6.45) is 1.93. The van der Waals surface area contributed by atoms with E-state index in [1.807, 2.05) is 22.9 Å². The molecule has 4 rings (SSSR count). The normalized spacial score (nSPS) is 15.5. The molecule has 2 heterocycles. The van der Waals surface area contributed by atoms with E-state index in [0.717, 1.165) is 17.8 Å². The second-order valence-corrected chi connectivity index (χ2v) is 6.86. The van der Waals surface area contributed by atoms with Crippen LogP contribution in [0.15, 0.2) is 54.7 Å². The van der Waals surface area contributed by atoms with E-state index >= 15 is 0 Å². The number of nitrogens with zero attached hydrogens (tertiary/aromatic N) is 2. The molecule has 2 amide bonds. The lowest BCUT2D eigenvalue weighted by atomic mass is 9.98. The first-order chi connectivity index (χ1) is 14.5. The number of carbonyl (C=O) groups is 1. The summed E-state index contributed by atoms with van der Waals surface area (Å²) in [5, 5.41) is 2.39. The lowest BCUT2D eigenvalue weighted by molar-refractivity contribution is 0.180. The van der Waals surface area contributed by atoms with Crippen molar-refractivity contribution in [2.24, 2.45) is 0 Å². The fraction of sp³-hybridized carbons (Fsp3) is 0.227. The standard InChI is InChI=1S/C22H21F2N3O3/c1-29-14-8-9-19(30-2)15(13-14)21-18-7-4-10-26(18)11-12-27(21)22(28)25-20-16(23)5-3-6-17(20)24/h3-10,13,21H,11-12H2,1-2H3,(H,25,28). The first-order valence-electron chi connectivity index (χ1n) is 9.42. The number of methoxy groups -OCH3 is 2. The highest BCUT2D eigenvalue weighted by molar-refractivity contribution is 5.90. The number of para-hydroxylation sites is 1. The third-order valence-electron chi connectivity index (χ3n) is 5.23. The Morgan fingerprint density at radius 3 is 2.50 bits per heavy atom. The molecule has 6 nitrogen and oxygen atoms in total. The van der Waals surface area contributed by atoms with Crippen molar-refractivity contribution in [2.75, 3.05) is 26.1 Å². The summed E-state index contributed by atoms with van der Waals surface area (Å²) in [5.41, 5.74) is 1.09. The van der Waals surface area contributed by atoms with Gasteiger partial charge in [0.1, 0.15) is 34.9 Å². The van der Waals surface area contributed by atoms with Crippen LogP contribution in [0, 0.1) is 11.6 Å². The van der Waals surface area contributed by atoms with Gasteiger partial charge in [0.25, 0.3) is 0 Å². The molecule has 0 bridgehead atoms. The molecule has 1 aliphatic heterocycles. The number of aromatic nitrogens is 1. The molecule has 30 heavy (non-hydrogen) atoms. The molecule has 1 aliphatic rings. The molecule has 1 aromatic heterocycles.